The Labute approximate surface area is 142 Å². The van der Waals surface area contributed by atoms with Gasteiger partial charge < -0.3 is 10.6 Å². The zero-order valence-electron chi connectivity index (χ0n) is 14.4. The van der Waals surface area contributed by atoms with E-state index in [-0.39, 0.29) is 0 Å². The molecule has 0 aliphatic heterocycles. The molecule has 0 spiro atoms. The second-order valence-corrected chi connectivity index (χ2v) is 6.78. The van der Waals surface area contributed by atoms with Crippen LogP contribution in [-0.4, -0.2) is 33.8 Å². The molecule has 0 saturated heterocycles. The fourth-order valence-electron chi connectivity index (χ4n) is 2.20. The van der Waals surface area contributed by atoms with Crippen LogP contribution in [0.3, 0.4) is 0 Å². The number of nitrogens with zero attached hydrogens (tertiary/aromatic N) is 4. The Hall–Kier alpha value is -1.89. The molecule has 0 atom stereocenters. The van der Waals surface area contributed by atoms with Crippen LogP contribution in [0.25, 0.3) is 0 Å². The molecule has 2 N–H and O–H groups in total. The molecule has 0 fully saturated rings. The molecule has 2 rings (SSSR count). The van der Waals surface area contributed by atoms with Crippen molar-refractivity contribution in [3.8, 4) is 0 Å². The molecular weight excluding hydrogens is 308 g/mol. The number of aryl methyl sites for hydroxylation is 4. The van der Waals surface area contributed by atoms with Gasteiger partial charge in [-0.25, -0.2) is 9.98 Å². The molecule has 0 unspecified atom stereocenters. The number of aromatic nitrogens is 3. The van der Waals surface area contributed by atoms with Gasteiger partial charge in [0.2, 0.25) is 0 Å². The van der Waals surface area contributed by atoms with E-state index >= 15 is 0 Å². The Balaban J connectivity index is 1.79. The first-order chi connectivity index (χ1) is 11.1. The Morgan fingerprint density at radius 1 is 1.35 bits per heavy atom. The number of hydrogen-bond donors (Lipinski definition) is 2. The van der Waals surface area contributed by atoms with Crippen molar-refractivity contribution in [1.29, 1.82) is 0 Å². The Kier molecular flexibility index (Phi) is 6.58. The first-order valence-electron chi connectivity index (χ1n) is 8.01. The van der Waals surface area contributed by atoms with E-state index in [1.807, 2.05) is 24.9 Å². The number of nitrogens with one attached hydrogen (secondary N) is 2. The highest BCUT2D eigenvalue weighted by atomic mass is 32.1. The number of guanidine groups is 1. The van der Waals surface area contributed by atoms with E-state index in [1.54, 1.807) is 11.3 Å². The lowest BCUT2D eigenvalue weighted by molar-refractivity contribution is 0.740. The first-order valence-corrected chi connectivity index (χ1v) is 8.82. The predicted octanol–water partition coefficient (Wildman–Crippen LogP) is 2.18. The summed E-state index contributed by atoms with van der Waals surface area (Å²) in [6, 6.07) is 0. The molecule has 0 aliphatic carbocycles. The average Bonchev–Trinajstić information content (AvgIpc) is 3.07. The molecule has 2 aromatic heterocycles. The highest BCUT2D eigenvalue weighted by Gasteiger charge is 2.04. The van der Waals surface area contributed by atoms with Crippen LogP contribution in [0.15, 0.2) is 17.4 Å². The molecule has 0 bridgehead atoms. The van der Waals surface area contributed by atoms with Crippen molar-refractivity contribution in [3.63, 3.8) is 0 Å². The van der Waals surface area contributed by atoms with Crippen LogP contribution >= 0.6 is 11.3 Å². The van der Waals surface area contributed by atoms with E-state index in [0.29, 0.717) is 6.54 Å². The van der Waals surface area contributed by atoms with Crippen LogP contribution in [0.1, 0.15) is 34.5 Å². The van der Waals surface area contributed by atoms with Crippen molar-refractivity contribution in [2.75, 3.05) is 13.1 Å². The molecule has 23 heavy (non-hydrogen) atoms. The smallest absolute Gasteiger partial charge is 0.191 e. The van der Waals surface area contributed by atoms with Crippen molar-refractivity contribution in [1.82, 2.24) is 25.4 Å². The van der Waals surface area contributed by atoms with Crippen LogP contribution in [0.5, 0.6) is 0 Å². The number of aliphatic imine (C=N–C) groups is 1. The molecule has 7 heteroatoms. The predicted molar refractivity (Wildman–Crippen MR) is 95.9 cm³/mol. The second kappa shape index (κ2) is 8.67. The lowest BCUT2D eigenvalue weighted by Crippen LogP contribution is -2.37. The molecule has 0 aromatic carbocycles. The van der Waals surface area contributed by atoms with Gasteiger partial charge in [-0.1, -0.05) is 0 Å². The lowest BCUT2D eigenvalue weighted by Gasteiger charge is -2.10. The molecule has 2 heterocycles. The third-order valence-corrected chi connectivity index (χ3v) is 4.54. The molecule has 126 valence electrons. The van der Waals surface area contributed by atoms with Gasteiger partial charge in [0.15, 0.2) is 5.96 Å². The van der Waals surface area contributed by atoms with Gasteiger partial charge in [0, 0.05) is 31.2 Å². The number of thiazole rings is 1. The van der Waals surface area contributed by atoms with Crippen molar-refractivity contribution in [3.05, 3.63) is 33.5 Å². The third-order valence-electron chi connectivity index (χ3n) is 3.48. The summed E-state index contributed by atoms with van der Waals surface area (Å²) in [4.78, 5) is 10.4. The summed E-state index contributed by atoms with van der Waals surface area (Å²) in [5.74, 6) is 0.851. The van der Waals surface area contributed by atoms with Gasteiger partial charge in [-0.05, 0) is 39.2 Å². The van der Waals surface area contributed by atoms with Gasteiger partial charge in [-0.3, -0.25) is 4.68 Å². The van der Waals surface area contributed by atoms with Gasteiger partial charge in [0.25, 0.3) is 0 Å². The summed E-state index contributed by atoms with van der Waals surface area (Å²) >= 11 is 1.72. The largest absolute Gasteiger partial charge is 0.357 e. The van der Waals surface area contributed by atoms with Gasteiger partial charge in [0.1, 0.15) is 5.01 Å². The second-order valence-electron chi connectivity index (χ2n) is 5.50. The molecule has 0 saturated carbocycles. The molecular formula is C16H26N6S. The Morgan fingerprint density at radius 3 is 2.78 bits per heavy atom. The zero-order chi connectivity index (χ0) is 16.7. The maximum atomic E-state index is 4.61. The van der Waals surface area contributed by atoms with Gasteiger partial charge >= 0.3 is 0 Å². The first kappa shape index (κ1) is 17.5. The third kappa shape index (κ3) is 5.67. The monoisotopic (exact) mass is 334 g/mol. The minimum atomic E-state index is 0.622. The Morgan fingerprint density at radius 2 is 2.17 bits per heavy atom. The van der Waals surface area contributed by atoms with E-state index in [2.05, 4.69) is 45.8 Å². The maximum absolute atomic E-state index is 4.61. The highest BCUT2D eigenvalue weighted by Crippen LogP contribution is 2.16. The van der Waals surface area contributed by atoms with Crippen molar-refractivity contribution in [2.24, 2.45) is 12.0 Å². The average molecular weight is 334 g/mol. The van der Waals surface area contributed by atoms with E-state index in [9.17, 15) is 0 Å². The summed E-state index contributed by atoms with van der Waals surface area (Å²) < 4.78 is 1.84. The van der Waals surface area contributed by atoms with Gasteiger partial charge in [-0.15, -0.1) is 11.3 Å². The quantitative estimate of drug-likeness (QED) is 0.463. The van der Waals surface area contributed by atoms with E-state index in [4.69, 9.17) is 0 Å². The van der Waals surface area contributed by atoms with Gasteiger partial charge in [0.05, 0.1) is 18.4 Å². The summed E-state index contributed by atoms with van der Waals surface area (Å²) in [6.07, 6.45) is 6.05. The molecule has 0 aliphatic rings. The topological polar surface area (TPSA) is 67.1 Å². The fourth-order valence-corrected chi connectivity index (χ4v) is 3.05. The van der Waals surface area contributed by atoms with E-state index in [1.165, 1.54) is 10.4 Å². The molecule has 6 nitrogen and oxygen atoms in total. The normalized spacial score (nSPS) is 11.7. The van der Waals surface area contributed by atoms with Crippen LogP contribution in [0.4, 0.5) is 0 Å². The fraction of sp³-hybridized carbons (Fsp3) is 0.562. The summed E-state index contributed by atoms with van der Waals surface area (Å²) in [7, 11) is 1.94. The van der Waals surface area contributed by atoms with Gasteiger partial charge in [-0.2, -0.15) is 5.10 Å². The SMILES string of the molecule is CCNC(=NCc1nc(C)c(C)s1)NCCCc1cnn(C)c1. The summed E-state index contributed by atoms with van der Waals surface area (Å²) in [5.41, 5.74) is 2.37. The molecule has 0 amide bonds. The number of rotatable bonds is 7. The van der Waals surface area contributed by atoms with Crippen LogP contribution in [0.2, 0.25) is 0 Å². The summed E-state index contributed by atoms with van der Waals surface area (Å²) in [6.45, 7) is 8.58. The van der Waals surface area contributed by atoms with Crippen LogP contribution in [-0.2, 0) is 20.0 Å². The van der Waals surface area contributed by atoms with Crippen LogP contribution < -0.4 is 10.6 Å². The minimum absolute atomic E-state index is 0.622. The van der Waals surface area contributed by atoms with Crippen molar-refractivity contribution >= 4 is 17.3 Å². The van der Waals surface area contributed by atoms with E-state index in [0.717, 1.165) is 42.6 Å². The maximum Gasteiger partial charge on any atom is 0.191 e. The Bertz CT molecular complexity index is 623. The molecule has 2 aromatic rings. The molecule has 0 radical (unpaired) electrons. The minimum Gasteiger partial charge on any atom is -0.357 e. The summed E-state index contributed by atoms with van der Waals surface area (Å²) in [5, 5.41) is 11.9. The number of hydrogen-bond acceptors (Lipinski definition) is 4. The van der Waals surface area contributed by atoms with Crippen LogP contribution in [0, 0.1) is 13.8 Å². The lowest BCUT2D eigenvalue weighted by atomic mass is 10.2. The zero-order valence-corrected chi connectivity index (χ0v) is 15.2. The van der Waals surface area contributed by atoms with E-state index < -0.39 is 0 Å². The highest BCUT2D eigenvalue weighted by molar-refractivity contribution is 7.11. The van der Waals surface area contributed by atoms with Crippen molar-refractivity contribution < 1.29 is 0 Å². The van der Waals surface area contributed by atoms with Crippen molar-refractivity contribution in [2.45, 2.75) is 40.2 Å². The standard InChI is InChI=1S/C16H26N6S/c1-5-17-16(19-10-15-21-12(2)13(3)23-15)18-8-6-7-14-9-20-22(4)11-14/h9,11H,5-8,10H2,1-4H3,(H2,17,18,19).